The first kappa shape index (κ1) is 15.8. The molecule has 2 atom stereocenters. The van der Waals surface area contributed by atoms with Crippen LogP contribution in [0.4, 0.5) is 11.4 Å². The van der Waals surface area contributed by atoms with Gasteiger partial charge in [0.2, 0.25) is 5.91 Å². The van der Waals surface area contributed by atoms with E-state index in [2.05, 4.69) is 18.9 Å². The molecule has 5 nitrogen and oxygen atoms in total. The second-order valence-corrected chi connectivity index (χ2v) is 5.97. The number of hydrogen-bond acceptors (Lipinski definition) is 4. The van der Waals surface area contributed by atoms with E-state index in [1.807, 2.05) is 29.2 Å². The summed E-state index contributed by atoms with van der Waals surface area (Å²) in [6.45, 7) is 4.04. The summed E-state index contributed by atoms with van der Waals surface area (Å²) in [5.74, 6) is 0.256. The summed E-state index contributed by atoms with van der Waals surface area (Å²) in [6.07, 6.45) is 0.289. The van der Waals surface area contributed by atoms with Gasteiger partial charge in [-0.15, -0.1) is 0 Å². The van der Waals surface area contributed by atoms with Crippen molar-refractivity contribution >= 4 is 17.3 Å². The van der Waals surface area contributed by atoms with Crippen LogP contribution in [0.3, 0.4) is 0 Å². The van der Waals surface area contributed by atoms with Crippen LogP contribution in [0.2, 0.25) is 0 Å². The largest absolute Gasteiger partial charge is 0.396 e. The number of carbonyl (C=O) groups excluding carboxylic acids is 1. The summed E-state index contributed by atoms with van der Waals surface area (Å²) in [4.78, 5) is 16.7. The molecule has 1 aliphatic rings. The van der Waals surface area contributed by atoms with E-state index < -0.39 is 0 Å². The van der Waals surface area contributed by atoms with Crippen LogP contribution in [0.1, 0.15) is 13.3 Å². The first-order valence-corrected chi connectivity index (χ1v) is 7.48. The normalized spacial score (nSPS) is 19.9. The minimum atomic E-state index is -0.166. The number of aliphatic hydroxyl groups excluding tert-OH is 1. The molecule has 0 aromatic heterocycles. The Kier molecular flexibility index (Phi) is 5.20. The van der Waals surface area contributed by atoms with Gasteiger partial charge < -0.3 is 20.6 Å². The van der Waals surface area contributed by atoms with Gasteiger partial charge in [0.25, 0.3) is 0 Å². The SMILES string of the molecule is C[C@H]1CN(C)c2ccccc2N(C(=O)C[C@H](CN)CO)C1. The van der Waals surface area contributed by atoms with Crippen molar-refractivity contribution in [1.82, 2.24) is 0 Å². The number of fused-ring (bicyclic) bond motifs is 1. The van der Waals surface area contributed by atoms with Gasteiger partial charge in [-0.3, -0.25) is 4.79 Å². The Labute approximate surface area is 126 Å². The number of aliphatic hydroxyl groups is 1. The van der Waals surface area contributed by atoms with Crippen LogP contribution in [0, 0.1) is 11.8 Å². The minimum absolute atomic E-state index is 0.0362. The van der Waals surface area contributed by atoms with E-state index in [-0.39, 0.29) is 24.9 Å². The van der Waals surface area contributed by atoms with Crippen molar-refractivity contribution in [2.24, 2.45) is 17.6 Å². The molecule has 3 N–H and O–H groups in total. The van der Waals surface area contributed by atoms with Crippen molar-refractivity contribution in [1.29, 1.82) is 0 Å². The first-order chi connectivity index (χ1) is 10.1. The molecular weight excluding hydrogens is 266 g/mol. The molecule has 0 spiro atoms. The lowest BCUT2D eigenvalue weighted by Crippen LogP contribution is -2.37. The van der Waals surface area contributed by atoms with Gasteiger partial charge in [0.1, 0.15) is 0 Å². The van der Waals surface area contributed by atoms with Crippen LogP contribution >= 0.6 is 0 Å². The van der Waals surface area contributed by atoms with Crippen LogP contribution in [0.5, 0.6) is 0 Å². The topological polar surface area (TPSA) is 69.8 Å². The molecule has 0 radical (unpaired) electrons. The van der Waals surface area contributed by atoms with Gasteiger partial charge in [0.15, 0.2) is 0 Å². The van der Waals surface area contributed by atoms with Gasteiger partial charge in [-0.1, -0.05) is 19.1 Å². The van der Waals surface area contributed by atoms with Crippen molar-refractivity contribution in [3.8, 4) is 0 Å². The van der Waals surface area contributed by atoms with E-state index in [1.165, 1.54) is 0 Å². The molecule has 1 aliphatic heterocycles. The smallest absolute Gasteiger partial charge is 0.227 e. The van der Waals surface area contributed by atoms with Crippen molar-refractivity contribution in [3.63, 3.8) is 0 Å². The van der Waals surface area contributed by atoms with Crippen molar-refractivity contribution in [2.75, 3.05) is 43.1 Å². The quantitative estimate of drug-likeness (QED) is 0.870. The third-order valence-corrected chi connectivity index (χ3v) is 4.02. The van der Waals surface area contributed by atoms with Gasteiger partial charge in [-0.25, -0.2) is 0 Å². The van der Waals surface area contributed by atoms with Crippen LogP contribution in [-0.2, 0) is 4.79 Å². The van der Waals surface area contributed by atoms with Crippen LogP contribution in [0.25, 0.3) is 0 Å². The highest BCUT2D eigenvalue weighted by molar-refractivity contribution is 5.97. The molecule has 0 aliphatic carbocycles. The summed E-state index contributed by atoms with van der Waals surface area (Å²) in [7, 11) is 2.06. The van der Waals surface area contributed by atoms with E-state index in [9.17, 15) is 9.90 Å². The van der Waals surface area contributed by atoms with Crippen molar-refractivity contribution in [2.45, 2.75) is 13.3 Å². The maximum absolute atomic E-state index is 12.6. The van der Waals surface area contributed by atoms with Gasteiger partial charge in [-0.05, 0) is 24.6 Å². The predicted molar refractivity (Wildman–Crippen MR) is 85.5 cm³/mol. The standard InChI is InChI=1S/C16H25N3O2/c1-12-9-18(2)14-5-3-4-6-15(14)19(10-12)16(21)7-13(8-17)11-20/h3-6,12-13,20H,7-11,17H2,1-2H3/t12-,13+/m0/s1. The van der Waals surface area contributed by atoms with Crippen LogP contribution in [-0.4, -0.2) is 44.3 Å². The third kappa shape index (κ3) is 3.54. The molecule has 1 heterocycles. The number of nitrogens with two attached hydrogens (primary N) is 1. The number of benzene rings is 1. The summed E-state index contributed by atoms with van der Waals surface area (Å²) in [5, 5.41) is 9.26. The maximum Gasteiger partial charge on any atom is 0.227 e. The molecule has 0 bridgehead atoms. The number of carbonyl (C=O) groups is 1. The zero-order chi connectivity index (χ0) is 15.4. The Morgan fingerprint density at radius 2 is 2.05 bits per heavy atom. The summed E-state index contributed by atoms with van der Waals surface area (Å²) in [6, 6.07) is 7.97. The average Bonchev–Trinajstić information content (AvgIpc) is 2.61. The molecule has 2 rings (SSSR count). The molecule has 0 unspecified atom stereocenters. The monoisotopic (exact) mass is 291 g/mol. The second kappa shape index (κ2) is 6.91. The van der Waals surface area contributed by atoms with Crippen LogP contribution < -0.4 is 15.5 Å². The molecule has 0 saturated carbocycles. The van der Waals surface area contributed by atoms with Crippen molar-refractivity contribution in [3.05, 3.63) is 24.3 Å². The highest BCUT2D eigenvalue weighted by Crippen LogP contribution is 2.33. The van der Waals surface area contributed by atoms with Gasteiger partial charge in [0, 0.05) is 39.1 Å². The summed E-state index contributed by atoms with van der Waals surface area (Å²) >= 11 is 0. The molecular formula is C16H25N3O2. The lowest BCUT2D eigenvalue weighted by Gasteiger charge is -2.26. The third-order valence-electron chi connectivity index (χ3n) is 4.02. The number of para-hydroxylation sites is 2. The minimum Gasteiger partial charge on any atom is -0.396 e. The number of anilines is 2. The summed E-state index contributed by atoms with van der Waals surface area (Å²) in [5.41, 5.74) is 7.62. The van der Waals surface area contributed by atoms with Gasteiger partial charge >= 0.3 is 0 Å². The van der Waals surface area contributed by atoms with E-state index >= 15 is 0 Å². The van der Waals surface area contributed by atoms with E-state index in [0.29, 0.717) is 19.0 Å². The number of nitrogens with zero attached hydrogens (tertiary/aromatic N) is 2. The lowest BCUT2D eigenvalue weighted by atomic mass is 10.0. The zero-order valence-corrected chi connectivity index (χ0v) is 12.8. The molecule has 1 aromatic carbocycles. The Morgan fingerprint density at radius 3 is 2.67 bits per heavy atom. The maximum atomic E-state index is 12.6. The van der Waals surface area contributed by atoms with E-state index in [0.717, 1.165) is 17.9 Å². The van der Waals surface area contributed by atoms with Gasteiger partial charge in [-0.2, -0.15) is 0 Å². The molecule has 21 heavy (non-hydrogen) atoms. The van der Waals surface area contributed by atoms with Gasteiger partial charge in [0.05, 0.1) is 11.4 Å². The van der Waals surface area contributed by atoms with Crippen molar-refractivity contribution < 1.29 is 9.90 Å². The van der Waals surface area contributed by atoms with E-state index in [4.69, 9.17) is 5.73 Å². The molecule has 5 heteroatoms. The Balaban J connectivity index is 2.28. The fourth-order valence-corrected chi connectivity index (χ4v) is 2.86. The molecule has 1 aromatic rings. The number of rotatable bonds is 4. The molecule has 116 valence electrons. The number of amides is 1. The highest BCUT2D eigenvalue weighted by atomic mass is 16.3. The second-order valence-electron chi connectivity index (χ2n) is 5.97. The lowest BCUT2D eigenvalue weighted by molar-refractivity contribution is -0.119. The molecule has 1 amide bonds. The van der Waals surface area contributed by atoms with Crippen LogP contribution in [0.15, 0.2) is 24.3 Å². The average molecular weight is 291 g/mol. The Bertz CT molecular complexity index is 488. The Hall–Kier alpha value is -1.59. The molecule has 0 fully saturated rings. The molecule has 0 saturated heterocycles. The van der Waals surface area contributed by atoms with E-state index in [1.54, 1.807) is 0 Å². The Morgan fingerprint density at radius 1 is 1.38 bits per heavy atom. The fourth-order valence-electron chi connectivity index (χ4n) is 2.86. The zero-order valence-electron chi connectivity index (χ0n) is 12.8. The fraction of sp³-hybridized carbons (Fsp3) is 0.562. The summed E-state index contributed by atoms with van der Waals surface area (Å²) < 4.78 is 0. The first-order valence-electron chi connectivity index (χ1n) is 7.48. The highest BCUT2D eigenvalue weighted by Gasteiger charge is 2.27. The number of hydrogen-bond donors (Lipinski definition) is 2. The predicted octanol–water partition coefficient (Wildman–Crippen LogP) is 1.06.